The average Bonchev–Trinajstić information content (AvgIpc) is 2.99. The van der Waals surface area contributed by atoms with E-state index < -0.39 is 11.7 Å². The maximum absolute atomic E-state index is 14.2. The van der Waals surface area contributed by atoms with Crippen LogP contribution in [0.15, 0.2) is 11.6 Å². The zero-order chi connectivity index (χ0) is 25.5. The van der Waals surface area contributed by atoms with Crippen molar-refractivity contribution in [2.75, 3.05) is 0 Å². The molecule has 34 heavy (non-hydrogen) atoms. The Hall–Kier alpha value is -0.710. The van der Waals surface area contributed by atoms with Gasteiger partial charge in [0.2, 0.25) is 0 Å². The molecule has 0 radical (unpaired) electrons. The van der Waals surface area contributed by atoms with Gasteiger partial charge in [0.15, 0.2) is 0 Å². The van der Waals surface area contributed by atoms with Crippen LogP contribution in [0.4, 0.5) is 0 Å². The van der Waals surface area contributed by atoms with Crippen molar-refractivity contribution in [3.63, 3.8) is 0 Å². The number of aliphatic hydroxyl groups is 3. The number of carbonyl (C=O) groups is 1. The molecule has 4 rings (SSSR count). The molecule has 0 aromatic carbocycles. The second-order valence-corrected chi connectivity index (χ2v) is 14.4. The summed E-state index contributed by atoms with van der Waals surface area (Å²) in [6.45, 7) is 17.1. The van der Waals surface area contributed by atoms with Crippen molar-refractivity contribution in [3.05, 3.63) is 11.6 Å². The molecular weight excluding hydrogens is 424 g/mol. The number of ketones is 1. The van der Waals surface area contributed by atoms with Gasteiger partial charge in [-0.05, 0) is 93.3 Å². The van der Waals surface area contributed by atoms with Crippen molar-refractivity contribution >= 4 is 5.78 Å². The van der Waals surface area contributed by atoms with Crippen molar-refractivity contribution in [1.29, 1.82) is 0 Å². The minimum absolute atomic E-state index is 0.0393. The highest BCUT2D eigenvalue weighted by Gasteiger charge is 2.70. The molecule has 194 valence electrons. The van der Waals surface area contributed by atoms with E-state index in [1.807, 2.05) is 0 Å². The van der Waals surface area contributed by atoms with E-state index in [2.05, 4.69) is 47.6 Å². The van der Waals surface area contributed by atoms with Crippen molar-refractivity contribution < 1.29 is 20.1 Å². The SMILES string of the molecule is CC(CCC(O)C(C)(C)O)C1CCC2(C)C3CC=C4C(CCC(O)C4(C)C)C3(C)C(=O)CC12C. The van der Waals surface area contributed by atoms with Crippen LogP contribution in [0.1, 0.15) is 107 Å². The van der Waals surface area contributed by atoms with Crippen LogP contribution < -0.4 is 0 Å². The summed E-state index contributed by atoms with van der Waals surface area (Å²) in [6, 6.07) is 0. The van der Waals surface area contributed by atoms with Gasteiger partial charge >= 0.3 is 0 Å². The lowest BCUT2D eigenvalue weighted by Crippen LogP contribution is -2.63. The van der Waals surface area contributed by atoms with Crippen LogP contribution in [-0.4, -0.2) is 38.9 Å². The molecule has 9 atom stereocenters. The summed E-state index contributed by atoms with van der Waals surface area (Å²) >= 11 is 0. The van der Waals surface area contributed by atoms with Crippen LogP contribution in [0.2, 0.25) is 0 Å². The maximum Gasteiger partial charge on any atom is 0.140 e. The summed E-state index contributed by atoms with van der Waals surface area (Å²) in [5.41, 5.74) is -0.287. The number of aliphatic hydroxyl groups excluding tert-OH is 2. The number of carbonyl (C=O) groups excluding carboxylic acids is 1. The minimum Gasteiger partial charge on any atom is -0.392 e. The van der Waals surface area contributed by atoms with Crippen LogP contribution in [0.3, 0.4) is 0 Å². The Kier molecular flexibility index (Phi) is 6.32. The van der Waals surface area contributed by atoms with Crippen molar-refractivity contribution in [3.8, 4) is 0 Å². The molecule has 3 fully saturated rings. The second-order valence-electron chi connectivity index (χ2n) is 14.4. The van der Waals surface area contributed by atoms with Gasteiger partial charge < -0.3 is 15.3 Å². The molecule has 9 unspecified atom stereocenters. The van der Waals surface area contributed by atoms with Gasteiger partial charge in [-0.3, -0.25) is 4.79 Å². The van der Waals surface area contributed by atoms with E-state index in [0.29, 0.717) is 36.4 Å². The molecule has 0 aliphatic heterocycles. The predicted molar refractivity (Wildman–Crippen MR) is 136 cm³/mol. The van der Waals surface area contributed by atoms with E-state index in [-0.39, 0.29) is 33.7 Å². The standard InChI is InChI=1S/C30H50O4/c1-18(9-13-24(32)27(4,5)34)19-15-16-28(6)22-12-10-20-21(11-14-23(31)26(20,2)3)30(22,8)25(33)17-29(19,28)7/h10,18-19,21-24,31-32,34H,9,11-17H2,1-8H3. The highest BCUT2D eigenvalue weighted by atomic mass is 16.3. The maximum atomic E-state index is 14.2. The third-order valence-corrected chi connectivity index (χ3v) is 12.1. The first-order chi connectivity index (χ1) is 15.5. The highest BCUT2D eigenvalue weighted by Crippen LogP contribution is 2.74. The summed E-state index contributed by atoms with van der Waals surface area (Å²) in [4.78, 5) is 14.2. The molecule has 3 N–H and O–H groups in total. The molecule has 0 aromatic rings. The molecule has 3 saturated carbocycles. The Morgan fingerprint density at radius 3 is 2.32 bits per heavy atom. The van der Waals surface area contributed by atoms with Gasteiger partial charge in [0.05, 0.1) is 17.8 Å². The molecule has 0 heterocycles. The van der Waals surface area contributed by atoms with E-state index in [4.69, 9.17) is 0 Å². The summed E-state index contributed by atoms with van der Waals surface area (Å²) in [5, 5.41) is 31.3. The van der Waals surface area contributed by atoms with Gasteiger partial charge in [0.1, 0.15) is 5.78 Å². The number of fused-ring (bicyclic) bond motifs is 5. The monoisotopic (exact) mass is 474 g/mol. The molecule has 0 aromatic heterocycles. The molecule has 4 aliphatic carbocycles. The molecular formula is C30H50O4. The van der Waals surface area contributed by atoms with Crippen LogP contribution in [-0.2, 0) is 4.79 Å². The topological polar surface area (TPSA) is 77.8 Å². The van der Waals surface area contributed by atoms with Gasteiger partial charge in [0, 0.05) is 17.3 Å². The zero-order valence-corrected chi connectivity index (χ0v) is 22.9. The van der Waals surface area contributed by atoms with E-state index >= 15 is 0 Å². The van der Waals surface area contributed by atoms with Gasteiger partial charge in [-0.25, -0.2) is 0 Å². The molecule has 0 spiro atoms. The lowest BCUT2D eigenvalue weighted by Gasteiger charge is -2.64. The Morgan fingerprint density at radius 2 is 1.71 bits per heavy atom. The number of hydrogen-bond donors (Lipinski definition) is 3. The molecule has 0 bridgehead atoms. The first-order valence-corrected chi connectivity index (χ1v) is 13.8. The Morgan fingerprint density at radius 1 is 1.06 bits per heavy atom. The van der Waals surface area contributed by atoms with Gasteiger partial charge in [-0.1, -0.05) is 53.2 Å². The number of Topliss-reactive ketones (excluding diaryl/α,β-unsaturated/α-hetero) is 1. The minimum atomic E-state index is -1.08. The first-order valence-electron chi connectivity index (χ1n) is 13.8. The fraction of sp³-hybridized carbons (Fsp3) is 0.900. The number of allylic oxidation sites excluding steroid dienone is 1. The van der Waals surface area contributed by atoms with Crippen LogP contribution in [0.25, 0.3) is 0 Å². The van der Waals surface area contributed by atoms with Crippen molar-refractivity contribution in [1.82, 2.24) is 0 Å². The van der Waals surface area contributed by atoms with E-state index in [1.165, 1.54) is 5.57 Å². The highest BCUT2D eigenvalue weighted by molar-refractivity contribution is 5.88. The second kappa shape index (κ2) is 8.15. The smallest absolute Gasteiger partial charge is 0.140 e. The van der Waals surface area contributed by atoms with Crippen LogP contribution >= 0.6 is 0 Å². The van der Waals surface area contributed by atoms with Crippen molar-refractivity contribution in [2.45, 2.75) is 125 Å². The van der Waals surface area contributed by atoms with E-state index in [0.717, 1.165) is 38.5 Å². The summed E-state index contributed by atoms with van der Waals surface area (Å²) in [7, 11) is 0. The number of hydrogen-bond acceptors (Lipinski definition) is 4. The summed E-state index contributed by atoms with van der Waals surface area (Å²) < 4.78 is 0. The zero-order valence-electron chi connectivity index (χ0n) is 22.9. The van der Waals surface area contributed by atoms with Gasteiger partial charge in [-0.15, -0.1) is 0 Å². The lowest BCUT2D eigenvalue weighted by molar-refractivity contribution is -0.172. The fourth-order valence-corrected chi connectivity index (χ4v) is 9.35. The molecule has 4 nitrogen and oxygen atoms in total. The molecule has 4 heteroatoms. The van der Waals surface area contributed by atoms with E-state index in [1.54, 1.807) is 13.8 Å². The van der Waals surface area contributed by atoms with Gasteiger partial charge in [-0.2, -0.15) is 0 Å². The molecule has 0 amide bonds. The third-order valence-electron chi connectivity index (χ3n) is 12.1. The Bertz CT molecular complexity index is 852. The van der Waals surface area contributed by atoms with Crippen molar-refractivity contribution in [2.24, 2.45) is 45.3 Å². The van der Waals surface area contributed by atoms with Gasteiger partial charge in [0.25, 0.3) is 0 Å². The third kappa shape index (κ3) is 3.52. The predicted octanol–water partition coefficient (Wildman–Crippen LogP) is 5.68. The molecule has 4 aliphatic rings. The largest absolute Gasteiger partial charge is 0.392 e. The summed E-state index contributed by atoms with van der Waals surface area (Å²) in [5.74, 6) is 1.88. The quantitative estimate of drug-likeness (QED) is 0.448. The normalized spacial score (nSPS) is 45.6. The Labute approximate surface area is 207 Å². The average molecular weight is 475 g/mol. The van der Waals surface area contributed by atoms with Crippen LogP contribution in [0, 0.1) is 45.3 Å². The Balaban J connectivity index is 1.64. The lowest BCUT2D eigenvalue weighted by atomic mass is 9.38. The summed E-state index contributed by atoms with van der Waals surface area (Å²) in [6.07, 6.45) is 8.40. The fourth-order valence-electron chi connectivity index (χ4n) is 9.35. The van der Waals surface area contributed by atoms with E-state index in [9.17, 15) is 20.1 Å². The first kappa shape index (κ1) is 26.4. The molecule has 0 saturated heterocycles. The van der Waals surface area contributed by atoms with Crippen LogP contribution in [0.5, 0.6) is 0 Å². The number of rotatable bonds is 5.